The third kappa shape index (κ3) is 11.5. The Labute approximate surface area is 143 Å². The number of amides is 1. The van der Waals surface area contributed by atoms with Gasteiger partial charge in [-0.15, -0.1) is 0 Å². The average molecular weight is 330 g/mol. The molecule has 0 aliphatic heterocycles. The van der Waals surface area contributed by atoms with Crippen molar-refractivity contribution < 1.29 is 14.3 Å². The topological polar surface area (TPSA) is 47.6 Å². The van der Waals surface area contributed by atoms with Crippen LogP contribution in [-0.2, 0) is 14.3 Å². The van der Waals surface area contributed by atoms with Gasteiger partial charge < -0.3 is 14.8 Å². The predicted molar refractivity (Wildman–Crippen MR) is 96.6 cm³/mol. The molecule has 0 heterocycles. The summed E-state index contributed by atoms with van der Waals surface area (Å²) in [6.45, 7) is 20.2. The summed E-state index contributed by atoms with van der Waals surface area (Å²) in [5.41, 5.74) is -0.958. The summed E-state index contributed by atoms with van der Waals surface area (Å²) in [6.07, 6.45) is 1.73. The molecule has 0 saturated carbocycles. The lowest BCUT2D eigenvalue weighted by Crippen LogP contribution is -2.45. The van der Waals surface area contributed by atoms with Gasteiger partial charge >= 0.3 is 0 Å². The molecule has 0 radical (unpaired) electrons. The fourth-order valence-corrected chi connectivity index (χ4v) is 1.88. The minimum absolute atomic E-state index is 0.0514. The molecule has 0 saturated heterocycles. The molecule has 0 fully saturated rings. The van der Waals surface area contributed by atoms with Gasteiger partial charge in [-0.1, -0.05) is 27.7 Å². The molecule has 0 aliphatic carbocycles. The van der Waals surface area contributed by atoms with E-state index in [4.69, 9.17) is 9.47 Å². The van der Waals surface area contributed by atoms with Crippen molar-refractivity contribution in [2.75, 3.05) is 19.8 Å². The van der Waals surface area contributed by atoms with Gasteiger partial charge in [0.05, 0.1) is 11.2 Å². The summed E-state index contributed by atoms with van der Waals surface area (Å²) in [6, 6.07) is 0. The zero-order valence-corrected chi connectivity index (χ0v) is 16.8. The van der Waals surface area contributed by atoms with Crippen LogP contribution in [0.25, 0.3) is 0 Å². The van der Waals surface area contributed by atoms with Crippen molar-refractivity contribution in [2.45, 2.75) is 86.4 Å². The summed E-state index contributed by atoms with van der Waals surface area (Å²) in [5, 5.41) is 3.03. The Bertz CT molecular complexity index is 354. The number of carbonyl (C=O) groups excluding carboxylic acids is 1. The molecule has 0 bridgehead atoms. The van der Waals surface area contributed by atoms with Gasteiger partial charge in [0.1, 0.15) is 0 Å². The minimum atomic E-state index is -0.445. The van der Waals surface area contributed by atoms with Crippen molar-refractivity contribution >= 4 is 5.91 Å². The smallest absolute Gasteiger partial charge is 0.225 e. The van der Waals surface area contributed by atoms with Crippen LogP contribution in [-0.4, -0.2) is 36.9 Å². The fourth-order valence-electron chi connectivity index (χ4n) is 1.88. The predicted octanol–water partition coefficient (Wildman–Crippen LogP) is 4.18. The monoisotopic (exact) mass is 329 g/mol. The zero-order valence-electron chi connectivity index (χ0n) is 16.8. The number of nitrogens with one attached hydrogen (secondary N) is 1. The van der Waals surface area contributed by atoms with Gasteiger partial charge in [0, 0.05) is 25.2 Å². The first-order valence-corrected chi connectivity index (χ1v) is 8.81. The van der Waals surface area contributed by atoms with Crippen molar-refractivity contribution in [1.29, 1.82) is 0 Å². The second-order valence-electron chi connectivity index (χ2n) is 9.07. The highest BCUT2D eigenvalue weighted by Gasteiger charge is 2.30. The third-order valence-corrected chi connectivity index (χ3v) is 3.74. The lowest BCUT2D eigenvalue weighted by Gasteiger charge is -2.30. The summed E-state index contributed by atoms with van der Waals surface area (Å²) < 4.78 is 11.6. The molecule has 23 heavy (non-hydrogen) atoms. The molecule has 4 heteroatoms. The van der Waals surface area contributed by atoms with Crippen LogP contribution in [0.1, 0.15) is 75.2 Å². The van der Waals surface area contributed by atoms with E-state index in [1.807, 2.05) is 48.5 Å². The van der Waals surface area contributed by atoms with Crippen LogP contribution < -0.4 is 5.32 Å². The van der Waals surface area contributed by atoms with Crippen molar-refractivity contribution in [3.05, 3.63) is 0 Å². The standard InChI is InChI=1S/C19H39NO3/c1-15(2)10-12-23-19(8,9)14-20-16(21)18(6,7)11-13-22-17(3,4)5/h15H,10-14H2,1-9H3,(H,20,21). The fraction of sp³-hybridized carbons (Fsp3) is 0.947. The number of carbonyl (C=O) groups is 1. The maximum atomic E-state index is 12.4. The molecule has 138 valence electrons. The van der Waals surface area contributed by atoms with Crippen molar-refractivity contribution in [3.63, 3.8) is 0 Å². The Morgan fingerprint density at radius 2 is 1.52 bits per heavy atom. The average Bonchev–Trinajstić information content (AvgIpc) is 2.33. The molecule has 0 aromatic rings. The SMILES string of the molecule is CC(C)CCOC(C)(C)CNC(=O)C(C)(C)CCOC(C)(C)C. The summed E-state index contributed by atoms with van der Waals surface area (Å²) in [5.74, 6) is 0.678. The first-order valence-electron chi connectivity index (χ1n) is 8.81. The maximum Gasteiger partial charge on any atom is 0.225 e. The summed E-state index contributed by atoms with van der Waals surface area (Å²) >= 11 is 0. The molecule has 0 rings (SSSR count). The lowest BCUT2D eigenvalue weighted by atomic mass is 9.88. The quantitative estimate of drug-likeness (QED) is 0.654. The number of hydrogen-bond donors (Lipinski definition) is 1. The Morgan fingerprint density at radius 1 is 0.957 bits per heavy atom. The maximum absolute atomic E-state index is 12.4. The molecular formula is C19H39NO3. The molecule has 1 N–H and O–H groups in total. The van der Waals surface area contributed by atoms with Crippen LogP contribution in [0.2, 0.25) is 0 Å². The lowest BCUT2D eigenvalue weighted by molar-refractivity contribution is -0.132. The summed E-state index contributed by atoms with van der Waals surface area (Å²) in [4.78, 5) is 12.4. The van der Waals surface area contributed by atoms with Crippen LogP contribution >= 0.6 is 0 Å². The van der Waals surface area contributed by atoms with Crippen LogP contribution in [0.15, 0.2) is 0 Å². The van der Waals surface area contributed by atoms with E-state index in [1.54, 1.807) is 0 Å². The van der Waals surface area contributed by atoms with Crippen molar-refractivity contribution in [1.82, 2.24) is 5.32 Å². The molecule has 0 atom stereocenters. The Hall–Kier alpha value is -0.610. The highest BCUT2D eigenvalue weighted by molar-refractivity contribution is 5.81. The normalized spacial score (nSPS) is 13.5. The largest absolute Gasteiger partial charge is 0.376 e. The van der Waals surface area contributed by atoms with Gasteiger partial charge in [0.2, 0.25) is 5.91 Å². The number of hydrogen-bond acceptors (Lipinski definition) is 3. The van der Waals surface area contributed by atoms with Crippen LogP contribution in [0.3, 0.4) is 0 Å². The Kier molecular flexibility index (Phi) is 8.79. The van der Waals surface area contributed by atoms with E-state index in [1.165, 1.54) is 0 Å². The van der Waals surface area contributed by atoms with Crippen LogP contribution in [0.4, 0.5) is 0 Å². The molecule has 0 spiro atoms. The molecule has 0 aromatic carbocycles. The van der Waals surface area contributed by atoms with E-state index in [0.29, 0.717) is 25.5 Å². The minimum Gasteiger partial charge on any atom is -0.376 e. The van der Waals surface area contributed by atoms with Crippen molar-refractivity contribution in [3.8, 4) is 0 Å². The summed E-state index contributed by atoms with van der Waals surface area (Å²) in [7, 11) is 0. The Balaban J connectivity index is 4.23. The second kappa shape index (κ2) is 9.03. The van der Waals surface area contributed by atoms with E-state index in [2.05, 4.69) is 19.2 Å². The first-order chi connectivity index (χ1) is 10.3. The molecule has 0 aromatic heterocycles. The van der Waals surface area contributed by atoms with E-state index >= 15 is 0 Å². The van der Waals surface area contributed by atoms with Gasteiger partial charge in [-0.3, -0.25) is 4.79 Å². The molecular weight excluding hydrogens is 290 g/mol. The first kappa shape index (κ1) is 22.4. The van der Waals surface area contributed by atoms with Crippen molar-refractivity contribution in [2.24, 2.45) is 11.3 Å². The second-order valence-corrected chi connectivity index (χ2v) is 9.07. The van der Waals surface area contributed by atoms with E-state index in [9.17, 15) is 4.79 Å². The van der Waals surface area contributed by atoms with Gasteiger partial charge in [-0.2, -0.15) is 0 Å². The molecule has 0 unspecified atom stereocenters. The molecule has 4 nitrogen and oxygen atoms in total. The zero-order chi connectivity index (χ0) is 18.3. The highest BCUT2D eigenvalue weighted by atomic mass is 16.5. The molecule has 0 aliphatic rings. The van der Waals surface area contributed by atoms with E-state index in [-0.39, 0.29) is 17.1 Å². The molecule has 1 amide bonds. The van der Waals surface area contributed by atoms with Gasteiger partial charge in [0.15, 0.2) is 0 Å². The van der Waals surface area contributed by atoms with Crippen LogP contribution in [0.5, 0.6) is 0 Å². The number of rotatable bonds is 10. The van der Waals surface area contributed by atoms with Gasteiger partial charge in [0.25, 0.3) is 0 Å². The van der Waals surface area contributed by atoms with Gasteiger partial charge in [-0.05, 0) is 53.4 Å². The van der Waals surface area contributed by atoms with E-state index < -0.39 is 5.41 Å². The number of ether oxygens (including phenoxy) is 2. The van der Waals surface area contributed by atoms with Gasteiger partial charge in [-0.25, -0.2) is 0 Å². The third-order valence-electron chi connectivity index (χ3n) is 3.74. The Morgan fingerprint density at radius 3 is 2.00 bits per heavy atom. The van der Waals surface area contributed by atoms with E-state index in [0.717, 1.165) is 13.0 Å². The van der Waals surface area contributed by atoms with Crippen LogP contribution in [0, 0.1) is 11.3 Å². The highest BCUT2D eigenvalue weighted by Crippen LogP contribution is 2.22.